The second-order valence-electron chi connectivity index (χ2n) is 7.88. The molecule has 1 aliphatic rings. The summed E-state index contributed by atoms with van der Waals surface area (Å²) in [7, 11) is -3.97. The molecule has 2 aromatic carbocycles. The zero-order valence-corrected chi connectivity index (χ0v) is 19.9. The average Bonchev–Trinajstić information content (AvgIpc) is 3.19. The topological polar surface area (TPSA) is 106 Å². The van der Waals surface area contributed by atoms with Gasteiger partial charge in [-0.1, -0.05) is 47.1 Å². The number of carbonyl (C=O) groups is 1. The van der Waals surface area contributed by atoms with Gasteiger partial charge in [-0.2, -0.15) is 9.29 Å². The molecule has 0 radical (unpaired) electrons. The standard InChI is InChI=1S/C22H23ClN4O5S/c1-14(2)27(11-16-7-5-4-6-8-16)33(29,30)20-10-19-18(9-17(20)23)26(22(28)13-31-19)12-21-24-15(3)32-25-21/h4-10,14H,11-13H2,1-3H3. The summed E-state index contributed by atoms with van der Waals surface area (Å²) < 4.78 is 39.1. The number of halogens is 1. The van der Waals surface area contributed by atoms with Crippen LogP contribution >= 0.6 is 11.6 Å². The van der Waals surface area contributed by atoms with Crippen LogP contribution in [0.4, 0.5) is 5.69 Å². The fraction of sp³-hybridized carbons (Fsp3) is 0.318. The van der Waals surface area contributed by atoms with Crippen molar-refractivity contribution in [3.63, 3.8) is 0 Å². The smallest absolute Gasteiger partial charge is 0.265 e. The van der Waals surface area contributed by atoms with Crippen molar-refractivity contribution in [1.29, 1.82) is 0 Å². The fourth-order valence-electron chi connectivity index (χ4n) is 3.56. The normalized spacial score (nSPS) is 14.0. The number of fused-ring (bicyclic) bond motifs is 1. The second kappa shape index (κ2) is 9.12. The highest BCUT2D eigenvalue weighted by molar-refractivity contribution is 7.89. The van der Waals surface area contributed by atoms with Gasteiger partial charge in [0.2, 0.25) is 15.9 Å². The Morgan fingerprint density at radius 2 is 1.94 bits per heavy atom. The molecule has 4 rings (SSSR count). The predicted molar refractivity (Wildman–Crippen MR) is 121 cm³/mol. The summed E-state index contributed by atoms with van der Waals surface area (Å²) in [4.78, 5) is 17.9. The maximum Gasteiger partial charge on any atom is 0.265 e. The summed E-state index contributed by atoms with van der Waals surface area (Å²) in [6.07, 6.45) is 0. The lowest BCUT2D eigenvalue weighted by Gasteiger charge is -2.30. The van der Waals surface area contributed by atoms with Crippen LogP contribution in [0.15, 0.2) is 51.9 Å². The number of ether oxygens (including phenoxy) is 1. The monoisotopic (exact) mass is 490 g/mol. The number of benzene rings is 2. The highest BCUT2D eigenvalue weighted by atomic mass is 35.5. The van der Waals surface area contributed by atoms with Gasteiger partial charge in [0.15, 0.2) is 12.4 Å². The van der Waals surface area contributed by atoms with Crippen LogP contribution in [-0.2, 0) is 27.9 Å². The summed E-state index contributed by atoms with van der Waals surface area (Å²) in [6, 6.07) is 11.8. The number of nitrogens with zero attached hydrogens (tertiary/aromatic N) is 4. The summed E-state index contributed by atoms with van der Waals surface area (Å²) in [6.45, 7) is 5.24. The lowest BCUT2D eigenvalue weighted by molar-refractivity contribution is -0.121. The Morgan fingerprint density at radius 3 is 2.58 bits per heavy atom. The van der Waals surface area contributed by atoms with Gasteiger partial charge < -0.3 is 9.26 Å². The molecule has 0 bridgehead atoms. The van der Waals surface area contributed by atoms with E-state index in [0.717, 1.165) is 5.56 Å². The van der Waals surface area contributed by atoms with Gasteiger partial charge >= 0.3 is 0 Å². The van der Waals surface area contributed by atoms with Crippen molar-refractivity contribution in [2.45, 2.75) is 44.8 Å². The Labute approximate surface area is 197 Å². The van der Waals surface area contributed by atoms with E-state index in [4.69, 9.17) is 20.9 Å². The molecule has 1 aromatic heterocycles. The molecule has 11 heteroatoms. The van der Waals surface area contributed by atoms with Crippen LogP contribution in [0.5, 0.6) is 5.75 Å². The number of sulfonamides is 1. The molecular formula is C22H23ClN4O5S. The van der Waals surface area contributed by atoms with Gasteiger partial charge in [0.05, 0.1) is 17.3 Å². The minimum atomic E-state index is -3.97. The number of hydrogen-bond donors (Lipinski definition) is 0. The third-order valence-electron chi connectivity index (χ3n) is 5.17. The minimum absolute atomic E-state index is 0.0138. The van der Waals surface area contributed by atoms with Gasteiger partial charge in [-0.25, -0.2) is 8.42 Å². The first-order valence-electron chi connectivity index (χ1n) is 10.3. The molecular weight excluding hydrogens is 468 g/mol. The van der Waals surface area contributed by atoms with E-state index in [1.165, 1.54) is 21.3 Å². The molecule has 0 saturated carbocycles. The second-order valence-corrected chi connectivity index (χ2v) is 10.1. The van der Waals surface area contributed by atoms with Crippen LogP contribution in [0.3, 0.4) is 0 Å². The number of rotatable bonds is 7. The summed E-state index contributed by atoms with van der Waals surface area (Å²) in [5.74, 6) is 0.596. The third-order valence-corrected chi connectivity index (χ3v) is 7.66. The summed E-state index contributed by atoms with van der Waals surface area (Å²) in [5, 5.41) is 3.81. The molecule has 2 heterocycles. The SMILES string of the molecule is Cc1nc(CN2C(=O)COc3cc(S(=O)(=O)N(Cc4ccccc4)C(C)C)c(Cl)cc32)no1. The van der Waals surface area contributed by atoms with Crippen molar-refractivity contribution in [3.05, 3.63) is 64.8 Å². The van der Waals surface area contributed by atoms with Crippen LogP contribution in [0, 0.1) is 6.92 Å². The van der Waals surface area contributed by atoms with E-state index in [1.54, 1.807) is 20.8 Å². The van der Waals surface area contributed by atoms with Crippen molar-refractivity contribution in [3.8, 4) is 5.75 Å². The first kappa shape index (κ1) is 23.2. The van der Waals surface area contributed by atoms with E-state index in [-0.39, 0.29) is 47.3 Å². The third kappa shape index (κ3) is 4.73. The lowest BCUT2D eigenvalue weighted by atomic mass is 10.2. The Morgan fingerprint density at radius 1 is 1.21 bits per heavy atom. The number of aromatic nitrogens is 2. The van der Waals surface area contributed by atoms with Crippen molar-refractivity contribution < 1.29 is 22.5 Å². The number of aryl methyl sites for hydroxylation is 1. The molecule has 1 amide bonds. The minimum Gasteiger partial charge on any atom is -0.482 e. The molecule has 1 aliphatic heterocycles. The van der Waals surface area contributed by atoms with Gasteiger partial charge in [0.1, 0.15) is 10.6 Å². The molecule has 9 nitrogen and oxygen atoms in total. The molecule has 0 N–H and O–H groups in total. The molecule has 174 valence electrons. The van der Waals surface area contributed by atoms with Gasteiger partial charge in [0, 0.05) is 25.6 Å². The zero-order valence-electron chi connectivity index (χ0n) is 18.4. The number of carbonyl (C=O) groups excluding carboxylic acids is 1. The van der Waals surface area contributed by atoms with E-state index in [1.807, 2.05) is 30.3 Å². The first-order valence-corrected chi connectivity index (χ1v) is 12.1. The van der Waals surface area contributed by atoms with E-state index in [0.29, 0.717) is 17.4 Å². The Bertz CT molecular complexity index is 1280. The maximum atomic E-state index is 13.6. The van der Waals surface area contributed by atoms with Crippen LogP contribution in [-0.4, -0.2) is 41.4 Å². The Kier molecular flexibility index (Phi) is 6.42. The van der Waals surface area contributed by atoms with Crippen LogP contribution < -0.4 is 9.64 Å². The van der Waals surface area contributed by atoms with Gasteiger partial charge in [0.25, 0.3) is 5.91 Å². The molecule has 33 heavy (non-hydrogen) atoms. The van der Waals surface area contributed by atoms with E-state index in [2.05, 4.69) is 10.1 Å². The fourth-order valence-corrected chi connectivity index (χ4v) is 5.69. The van der Waals surface area contributed by atoms with E-state index < -0.39 is 10.0 Å². The first-order chi connectivity index (χ1) is 15.7. The molecule has 0 aliphatic carbocycles. The summed E-state index contributed by atoms with van der Waals surface area (Å²) >= 11 is 6.47. The molecule has 0 spiro atoms. The van der Waals surface area contributed by atoms with Crippen molar-refractivity contribution in [2.24, 2.45) is 0 Å². The van der Waals surface area contributed by atoms with Crippen LogP contribution in [0.25, 0.3) is 0 Å². The van der Waals surface area contributed by atoms with Gasteiger partial charge in [-0.05, 0) is 25.5 Å². The molecule has 0 atom stereocenters. The number of hydrogen-bond acceptors (Lipinski definition) is 7. The van der Waals surface area contributed by atoms with Crippen LogP contribution in [0.2, 0.25) is 5.02 Å². The molecule has 0 saturated heterocycles. The average molecular weight is 491 g/mol. The Hall–Kier alpha value is -2.95. The van der Waals surface area contributed by atoms with Gasteiger partial charge in [-0.15, -0.1) is 0 Å². The predicted octanol–water partition coefficient (Wildman–Crippen LogP) is 3.56. The number of anilines is 1. The summed E-state index contributed by atoms with van der Waals surface area (Å²) in [5.41, 5.74) is 1.20. The zero-order chi connectivity index (χ0) is 23.8. The van der Waals surface area contributed by atoms with Crippen molar-refractivity contribution in [1.82, 2.24) is 14.4 Å². The van der Waals surface area contributed by atoms with E-state index >= 15 is 0 Å². The van der Waals surface area contributed by atoms with Crippen LogP contribution in [0.1, 0.15) is 31.1 Å². The van der Waals surface area contributed by atoms with E-state index in [9.17, 15) is 13.2 Å². The molecule has 3 aromatic rings. The van der Waals surface area contributed by atoms with Crippen molar-refractivity contribution in [2.75, 3.05) is 11.5 Å². The quantitative estimate of drug-likeness (QED) is 0.498. The molecule has 0 fully saturated rings. The molecule has 0 unspecified atom stereocenters. The highest BCUT2D eigenvalue weighted by Crippen LogP contribution is 2.40. The van der Waals surface area contributed by atoms with Gasteiger partial charge in [-0.3, -0.25) is 9.69 Å². The maximum absolute atomic E-state index is 13.6. The van der Waals surface area contributed by atoms with Crippen molar-refractivity contribution >= 4 is 33.2 Å². The Balaban J connectivity index is 1.71. The largest absolute Gasteiger partial charge is 0.482 e. The lowest BCUT2D eigenvalue weighted by Crippen LogP contribution is -2.39. The highest BCUT2D eigenvalue weighted by Gasteiger charge is 2.34. The number of amides is 1.